The Morgan fingerprint density at radius 1 is 1.47 bits per heavy atom. The van der Waals surface area contributed by atoms with E-state index in [-0.39, 0.29) is 19.2 Å². The number of aliphatic hydroxyl groups excluding tert-OH is 2. The second-order valence-electron chi connectivity index (χ2n) is 4.96. The summed E-state index contributed by atoms with van der Waals surface area (Å²) in [5, 5.41) is 23.6. The van der Waals surface area contributed by atoms with E-state index in [4.69, 9.17) is 15.2 Å². The predicted molar refractivity (Wildman–Crippen MR) is 58.0 cm³/mol. The molecule has 7 nitrogen and oxygen atoms in total. The summed E-state index contributed by atoms with van der Waals surface area (Å²) in [5.74, 6) is 0. The summed E-state index contributed by atoms with van der Waals surface area (Å²) >= 11 is 0. The molecule has 3 aliphatic rings. The van der Waals surface area contributed by atoms with E-state index in [1.165, 1.54) is 0 Å². The maximum Gasteiger partial charge on any atom is 0.176 e. The lowest BCUT2D eigenvalue weighted by atomic mass is 9.87. The molecule has 3 saturated heterocycles. The van der Waals surface area contributed by atoms with Crippen LogP contribution in [0.25, 0.3) is 0 Å². The SMILES string of the molecule is NC[C@@]12COC(O1)[C@H](N1CCNC1)[C@@H](O)[C@H]2O. The first-order valence-corrected chi connectivity index (χ1v) is 5.98. The van der Waals surface area contributed by atoms with Gasteiger partial charge < -0.3 is 30.7 Å². The summed E-state index contributed by atoms with van der Waals surface area (Å²) < 4.78 is 11.3. The first kappa shape index (κ1) is 11.8. The first-order chi connectivity index (χ1) is 8.18. The van der Waals surface area contributed by atoms with E-state index in [0.29, 0.717) is 6.67 Å². The van der Waals surface area contributed by atoms with Crippen LogP contribution in [-0.2, 0) is 9.47 Å². The third-order valence-electron chi connectivity index (χ3n) is 3.99. The van der Waals surface area contributed by atoms with Gasteiger partial charge in [-0.05, 0) is 0 Å². The minimum Gasteiger partial charge on any atom is -0.388 e. The van der Waals surface area contributed by atoms with Gasteiger partial charge in [-0.2, -0.15) is 0 Å². The highest BCUT2D eigenvalue weighted by Gasteiger charge is 2.59. The lowest BCUT2D eigenvalue weighted by molar-refractivity contribution is -0.239. The van der Waals surface area contributed by atoms with Crippen molar-refractivity contribution < 1.29 is 19.7 Å². The molecule has 0 radical (unpaired) electrons. The van der Waals surface area contributed by atoms with Crippen molar-refractivity contribution in [3.05, 3.63) is 0 Å². The molecule has 2 bridgehead atoms. The van der Waals surface area contributed by atoms with Crippen LogP contribution in [0.1, 0.15) is 0 Å². The van der Waals surface area contributed by atoms with Crippen molar-refractivity contribution in [2.45, 2.75) is 30.1 Å². The third-order valence-corrected chi connectivity index (χ3v) is 3.99. The van der Waals surface area contributed by atoms with Gasteiger partial charge >= 0.3 is 0 Å². The van der Waals surface area contributed by atoms with Crippen molar-refractivity contribution in [3.63, 3.8) is 0 Å². The Morgan fingerprint density at radius 3 is 2.94 bits per heavy atom. The quantitative estimate of drug-likeness (QED) is 0.412. The molecule has 0 spiro atoms. The Balaban J connectivity index is 1.83. The largest absolute Gasteiger partial charge is 0.388 e. The minimum atomic E-state index is -1.00. The van der Waals surface area contributed by atoms with Crippen LogP contribution < -0.4 is 11.1 Å². The number of nitrogens with two attached hydrogens (primary N) is 1. The van der Waals surface area contributed by atoms with E-state index in [0.717, 1.165) is 13.1 Å². The van der Waals surface area contributed by atoms with Gasteiger partial charge in [-0.1, -0.05) is 0 Å². The van der Waals surface area contributed by atoms with E-state index < -0.39 is 24.1 Å². The summed E-state index contributed by atoms with van der Waals surface area (Å²) in [6.07, 6.45) is -2.40. The maximum atomic E-state index is 10.2. The summed E-state index contributed by atoms with van der Waals surface area (Å²) in [5.41, 5.74) is 4.69. The maximum absolute atomic E-state index is 10.2. The second-order valence-corrected chi connectivity index (χ2v) is 4.96. The summed E-state index contributed by atoms with van der Waals surface area (Å²) in [4.78, 5) is 2.03. The Bertz CT molecular complexity index is 299. The van der Waals surface area contributed by atoms with E-state index in [2.05, 4.69) is 5.32 Å². The molecular formula is C10H19N3O4. The van der Waals surface area contributed by atoms with Crippen molar-refractivity contribution >= 4 is 0 Å². The number of fused-ring (bicyclic) bond motifs is 2. The summed E-state index contributed by atoms with van der Waals surface area (Å²) in [6.45, 7) is 2.74. The predicted octanol–water partition coefficient (Wildman–Crippen LogP) is -2.98. The fourth-order valence-corrected chi connectivity index (χ4v) is 2.90. The van der Waals surface area contributed by atoms with Crippen LogP contribution in [-0.4, -0.2) is 78.2 Å². The van der Waals surface area contributed by atoms with Crippen LogP contribution in [0.2, 0.25) is 0 Å². The van der Waals surface area contributed by atoms with Crippen LogP contribution in [0.5, 0.6) is 0 Å². The van der Waals surface area contributed by atoms with E-state index in [1.54, 1.807) is 0 Å². The Kier molecular flexibility index (Phi) is 2.86. The Labute approximate surface area is 99.5 Å². The fourth-order valence-electron chi connectivity index (χ4n) is 2.90. The van der Waals surface area contributed by atoms with Gasteiger partial charge in [0.1, 0.15) is 17.8 Å². The molecule has 3 aliphatic heterocycles. The molecule has 98 valence electrons. The number of rotatable bonds is 2. The highest BCUT2D eigenvalue weighted by molar-refractivity contribution is 5.07. The van der Waals surface area contributed by atoms with E-state index in [9.17, 15) is 10.2 Å². The molecule has 0 amide bonds. The molecular weight excluding hydrogens is 226 g/mol. The second kappa shape index (κ2) is 4.13. The highest BCUT2D eigenvalue weighted by Crippen LogP contribution is 2.38. The standard InChI is InChI=1S/C10H19N3O4/c11-3-10-4-16-9(17-10)6(7(14)8(10)15)13-2-1-12-5-13/h6-9,12,14-15H,1-5,11H2/t6-,7-,8-,9?,10+/m1/s1. The van der Waals surface area contributed by atoms with Crippen molar-refractivity contribution in [2.24, 2.45) is 5.73 Å². The van der Waals surface area contributed by atoms with Crippen LogP contribution in [0.4, 0.5) is 0 Å². The Hall–Kier alpha value is -0.280. The van der Waals surface area contributed by atoms with Gasteiger partial charge in [0.2, 0.25) is 0 Å². The fraction of sp³-hybridized carbons (Fsp3) is 1.00. The van der Waals surface area contributed by atoms with Gasteiger partial charge in [0, 0.05) is 26.3 Å². The van der Waals surface area contributed by atoms with Crippen molar-refractivity contribution in [1.29, 1.82) is 0 Å². The average Bonchev–Trinajstić information content (AvgIpc) is 2.96. The minimum absolute atomic E-state index is 0.146. The number of ether oxygens (including phenoxy) is 2. The third kappa shape index (κ3) is 1.62. The molecule has 3 heterocycles. The van der Waals surface area contributed by atoms with Crippen molar-refractivity contribution in [3.8, 4) is 0 Å². The number of hydrogen-bond donors (Lipinski definition) is 4. The van der Waals surface area contributed by atoms with Crippen LogP contribution in [0.15, 0.2) is 0 Å². The van der Waals surface area contributed by atoms with Gasteiger partial charge in [-0.25, -0.2) is 0 Å². The van der Waals surface area contributed by atoms with Gasteiger partial charge in [0.25, 0.3) is 0 Å². The molecule has 3 fully saturated rings. The summed E-state index contributed by atoms with van der Waals surface area (Å²) in [7, 11) is 0. The number of hydrogen-bond acceptors (Lipinski definition) is 7. The molecule has 17 heavy (non-hydrogen) atoms. The van der Waals surface area contributed by atoms with Crippen molar-refractivity contribution in [1.82, 2.24) is 10.2 Å². The van der Waals surface area contributed by atoms with Crippen molar-refractivity contribution in [2.75, 3.05) is 32.9 Å². The number of aliphatic hydroxyl groups is 2. The zero-order valence-electron chi connectivity index (χ0n) is 9.58. The first-order valence-electron chi connectivity index (χ1n) is 5.98. The van der Waals surface area contributed by atoms with E-state index in [1.807, 2.05) is 4.90 Å². The lowest BCUT2D eigenvalue weighted by Crippen LogP contribution is -2.67. The van der Waals surface area contributed by atoms with Gasteiger partial charge in [-0.15, -0.1) is 0 Å². The molecule has 1 unspecified atom stereocenters. The molecule has 5 atom stereocenters. The van der Waals surface area contributed by atoms with Gasteiger partial charge in [0.05, 0.1) is 12.6 Å². The molecule has 3 rings (SSSR count). The topological polar surface area (TPSA) is 100 Å². The average molecular weight is 245 g/mol. The van der Waals surface area contributed by atoms with Gasteiger partial charge in [0.15, 0.2) is 6.29 Å². The van der Waals surface area contributed by atoms with Crippen LogP contribution in [0, 0.1) is 0 Å². The number of nitrogens with one attached hydrogen (secondary N) is 1. The molecule has 0 aromatic rings. The molecule has 0 aromatic heterocycles. The zero-order chi connectivity index (χ0) is 12.0. The zero-order valence-corrected chi connectivity index (χ0v) is 9.58. The molecule has 7 heteroatoms. The smallest absolute Gasteiger partial charge is 0.176 e. The summed E-state index contributed by atoms with van der Waals surface area (Å²) in [6, 6.07) is -0.331. The normalized spacial score (nSPS) is 51.0. The molecule has 0 saturated carbocycles. The number of nitrogens with zero attached hydrogens (tertiary/aromatic N) is 1. The van der Waals surface area contributed by atoms with Crippen LogP contribution >= 0.6 is 0 Å². The Morgan fingerprint density at radius 2 is 2.29 bits per heavy atom. The monoisotopic (exact) mass is 245 g/mol. The molecule has 0 aromatic carbocycles. The molecule has 5 N–H and O–H groups in total. The molecule has 0 aliphatic carbocycles. The van der Waals surface area contributed by atoms with Gasteiger partial charge in [-0.3, -0.25) is 4.90 Å². The lowest BCUT2D eigenvalue weighted by Gasteiger charge is -2.45. The van der Waals surface area contributed by atoms with Crippen LogP contribution in [0.3, 0.4) is 0 Å². The van der Waals surface area contributed by atoms with E-state index >= 15 is 0 Å². The highest BCUT2D eigenvalue weighted by atomic mass is 16.7.